The number of hydrogen-bond donors (Lipinski definition) is 1. The molecule has 0 fully saturated rings. The lowest BCUT2D eigenvalue weighted by atomic mass is 9.74. The van der Waals surface area contributed by atoms with E-state index in [4.69, 9.17) is 16.3 Å². The number of nitrogens with zero attached hydrogens (tertiary/aromatic N) is 1. The molecule has 4 heteroatoms. The quantitative estimate of drug-likeness (QED) is 0.513. The summed E-state index contributed by atoms with van der Waals surface area (Å²) in [6.07, 6.45) is 1.22. The molecule has 2 atom stereocenters. The number of rotatable bonds is 9. The highest BCUT2D eigenvalue weighted by Gasteiger charge is 2.39. The monoisotopic (exact) mass is 423 g/mol. The van der Waals surface area contributed by atoms with E-state index < -0.39 is 5.60 Å². The topological polar surface area (TPSA) is 32.7 Å². The van der Waals surface area contributed by atoms with E-state index in [9.17, 15) is 5.11 Å². The van der Waals surface area contributed by atoms with Gasteiger partial charge in [-0.15, -0.1) is 0 Å². The average molecular weight is 424 g/mol. The van der Waals surface area contributed by atoms with E-state index in [1.54, 1.807) is 7.11 Å². The van der Waals surface area contributed by atoms with Crippen LogP contribution in [0.1, 0.15) is 16.7 Å². The van der Waals surface area contributed by atoms with Crippen LogP contribution in [-0.4, -0.2) is 37.8 Å². The number of hydrogen-bond acceptors (Lipinski definition) is 3. The molecule has 0 aromatic heterocycles. The van der Waals surface area contributed by atoms with Crippen LogP contribution in [0.25, 0.3) is 0 Å². The fraction of sp³-hybridized carbons (Fsp3) is 0.308. The van der Waals surface area contributed by atoms with Crippen molar-refractivity contribution in [1.82, 2.24) is 4.90 Å². The van der Waals surface area contributed by atoms with Gasteiger partial charge in [-0.1, -0.05) is 66.2 Å². The standard InChI is InChI=1S/C26H30ClNO2/c1-28(2)19-23(15-20-9-5-4-6-10-20)26(29,18-21-11-7-13-24(27)16-21)22-12-8-14-25(17-22)30-3/h4-14,16-17,23,29H,15,18-19H2,1-3H3/t23-,26-/m1/s1. The van der Waals surface area contributed by atoms with E-state index in [0.29, 0.717) is 11.4 Å². The first-order chi connectivity index (χ1) is 14.4. The summed E-state index contributed by atoms with van der Waals surface area (Å²) in [6, 6.07) is 25.9. The van der Waals surface area contributed by atoms with Crippen molar-refractivity contribution >= 4 is 11.6 Å². The molecule has 3 aromatic rings. The Labute approximate surface area is 184 Å². The van der Waals surface area contributed by atoms with Gasteiger partial charge in [-0.05, 0) is 61.5 Å². The van der Waals surface area contributed by atoms with Gasteiger partial charge in [0.2, 0.25) is 0 Å². The Morgan fingerprint density at radius 3 is 2.30 bits per heavy atom. The molecule has 0 amide bonds. The normalized spacial score (nSPS) is 14.3. The van der Waals surface area contributed by atoms with Crippen LogP contribution in [0.15, 0.2) is 78.9 Å². The van der Waals surface area contributed by atoms with E-state index >= 15 is 0 Å². The molecule has 30 heavy (non-hydrogen) atoms. The summed E-state index contributed by atoms with van der Waals surface area (Å²) in [7, 11) is 5.74. The number of benzene rings is 3. The molecule has 158 valence electrons. The highest BCUT2D eigenvalue weighted by molar-refractivity contribution is 6.30. The largest absolute Gasteiger partial charge is 0.497 e. The van der Waals surface area contributed by atoms with Gasteiger partial charge in [-0.3, -0.25) is 0 Å². The molecule has 0 aliphatic carbocycles. The first kappa shape index (κ1) is 22.4. The second-order valence-corrected chi connectivity index (χ2v) is 8.55. The second kappa shape index (κ2) is 10.1. The van der Waals surface area contributed by atoms with Gasteiger partial charge in [-0.25, -0.2) is 0 Å². The molecule has 0 aliphatic heterocycles. The Kier molecular flexibility index (Phi) is 7.54. The molecule has 0 unspecified atom stereocenters. The first-order valence-electron chi connectivity index (χ1n) is 10.2. The van der Waals surface area contributed by atoms with Crippen molar-refractivity contribution < 1.29 is 9.84 Å². The predicted octanol–water partition coefficient (Wildman–Crippen LogP) is 5.20. The lowest BCUT2D eigenvalue weighted by molar-refractivity contribution is -0.0331. The number of aliphatic hydroxyl groups is 1. The summed E-state index contributed by atoms with van der Waals surface area (Å²) in [5, 5.41) is 13.0. The summed E-state index contributed by atoms with van der Waals surface area (Å²) in [4.78, 5) is 2.14. The predicted molar refractivity (Wildman–Crippen MR) is 124 cm³/mol. The van der Waals surface area contributed by atoms with Crippen molar-refractivity contribution in [2.75, 3.05) is 27.7 Å². The van der Waals surface area contributed by atoms with Crippen LogP contribution in [0.5, 0.6) is 5.75 Å². The third kappa shape index (κ3) is 5.63. The first-order valence-corrected chi connectivity index (χ1v) is 10.6. The fourth-order valence-electron chi connectivity index (χ4n) is 4.06. The molecular formula is C26H30ClNO2. The maximum absolute atomic E-state index is 12.3. The maximum atomic E-state index is 12.3. The summed E-state index contributed by atoms with van der Waals surface area (Å²) in [5.41, 5.74) is 1.96. The van der Waals surface area contributed by atoms with Gasteiger partial charge in [0.1, 0.15) is 5.75 Å². The molecule has 0 heterocycles. The lowest BCUT2D eigenvalue weighted by Gasteiger charge is -2.39. The minimum absolute atomic E-state index is 0.0408. The van der Waals surface area contributed by atoms with E-state index in [-0.39, 0.29) is 5.92 Å². The zero-order valence-corrected chi connectivity index (χ0v) is 18.6. The van der Waals surface area contributed by atoms with E-state index in [2.05, 4.69) is 17.0 Å². The van der Waals surface area contributed by atoms with Crippen LogP contribution in [0, 0.1) is 5.92 Å². The highest BCUT2D eigenvalue weighted by Crippen LogP contribution is 2.38. The Bertz CT molecular complexity index is 945. The number of ether oxygens (including phenoxy) is 1. The van der Waals surface area contributed by atoms with Crippen molar-refractivity contribution in [2.45, 2.75) is 18.4 Å². The maximum Gasteiger partial charge on any atom is 0.119 e. The van der Waals surface area contributed by atoms with Gasteiger partial charge in [0, 0.05) is 23.9 Å². The number of halogens is 1. The fourth-order valence-corrected chi connectivity index (χ4v) is 4.27. The van der Waals surface area contributed by atoms with E-state index in [1.807, 2.05) is 80.8 Å². The molecule has 0 saturated heterocycles. The van der Waals surface area contributed by atoms with Crippen LogP contribution in [0.2, 0.25) is 5.02 Å². The Balaban J connectivity index is 2.08. The van der Waals surface area contributed by atoms with Crippen molar-refractivity contribution in [2.24, 2.45) is 5.92 Å². The van der Waals surface area contributed by atoms with Crippen molar-refractivity contribution in [1.29, 1.82) is 0 Å². The number of methoxy groups -OCH3 is 1. The molecular weight excluding hydrogens is 394 g/mol. The molecule has 0 spiro atoms. The summed E-state index contributed by atoms with van der Waals surface area (Å²) in [6.45, 7) is 0.739. The summed E-state index contributed by atoms with van der Waals surface area (Å²) < 4.78 is 5.46. The van der Waals surface area contributed by atoms with E-state index in [1.165, 1.54) is 5.56 Å². The molecule has 3 nitrogen and oxygen atoms in total. The van der Waals surface area contributed by atoms with Crippen LogP contribution in [-0.2, 0) is 18.4 Å². The third-order valence-corrected chi connectivity index (χ3v) is 5.75. The van der Waals surface area contributed by atoms with Gasteiger partial charge in [-0.2, -0.15) is 0 Å². The van der Waals surface area contributed by atoms with Gasteiger partial charge in [0.25, 0.3) is 0 Å². The smallest absolute Gasteiger partial charge is 0.119 e. The molecule has 3 rings (SSSR count). The van der Waals surface area contributed by atoms with Crippen LogP contribution < -0.4 is 4.74 Å². The SMILES string of the molecule is COc1cccc([C@](O)(Cc2cccc(Cl)c2)[C@H](Cc2ccccc2)CN(C)C)c1. The van der Waals surface area contributed by atoms with Crippen LogP contribution in [0.4, 0.5) is 0 Å². The Morgan fingerprint density at radius 1 is 0.933 bits per heavy atom. The molecule has 0 bridgehead atoms. The van der Waals surface area contributed by atoms with Crippen molar-refractivity contribution in [3.05, 3.63) is 101 Å². The van der Waals surface area contributed by atoms with Crippen LogP contribution in [0.3, 0.4) is 0 Å². The third-order valence-electron chi connectivity index (χ3n) is 5.52. The van der Waals surface area contributed by atoms with E-state index in [0.717, 1.165) is 29.8 Å². The minimum Gasteiger partial charge on any atom is -0.497 e. The molecule has 0 saturated carbocycles. The summed E-state index contributed by atoms with van der Waals surface area (Å²) >= 11 is 6.25. The van der Waals surface area contributed by atoms with Gasteiger partial charge < -0.3 is 14.7 Å². The Morgan fingerprint density at radius 2 is 1.63 bits per heavy atom. The van der Waals surface area contributed by atoms with Crippen LogP contribution >= 0.6 is 11.6 Å². The zero-order chi connectivity index (χ0) is 21.6. The van der Waals surface area contributed by atoms with Gasteiger partial charge in [0.05, 0.1) is 12.7 Å². The Hall–Kier alpha value is -2.33. The molecule has 3 aromatic carbocycles. The van der Waals surface area contributed by atoms with Crippen molar-refractivity contribution in [3.8, 4) is 5.75 Å². The molecule has 0 aliphatic rings. The zero-order valence-electron chi connectivity index (χ0n) is 17.9. The van der Waals surface area contributed by atoms with Gasteiger partial charge in [0.15, 0.2) is 0 Å². The average Bonchev–Trinajstić information content (AvgIpc) is 2.73. The summed E-state index contributed by atoms with van der Waals surface area (Å²) in [5.74, 6) is 0.696. The lowest BCUT2D eigenvalue weighted by Crippen LogP contribution is -2.43. The molecule has 0 radical (unpaired) electrons. The van der Waals surface area contributed by atoms with Gasteiger partial charge >= 0.3 is 0 Å². The minimum atomic E-state index is -1.10. The van der Waals surface area contributed by atoms with Crippen molar-refractivity contribution in [3.63, 3.8) is 0 Å². The highest BCUT2D eigenvalue weighted by atomic mass is 35.5. The second-order valence-electron chi connectivity index (χ2n) is 8.11. The molecule has 1 N–H and O–H groups in total.